The number of nitrogen functional groups attached to an aromatic ring is 1. The molecule has 0 fully saturated rings. The van der Waals surface area contributed by atoms with E-state index in [9.17, 15) is 0 Å². The van der Waals surface area contributed by atoms with E-state index in [1.165, 1.54) is 5.56 Å². The average molecular weight is 245 g/mol. The van der Waals surface area contributed by atoms with Crippen LogP contribution < -0.4 is 10.6 Å². The molecule has 0 saturated heterocycles. The number of hydrogen-bond acceptors (Lipinski definition) is 4. The van der Waals surface area contributed by atoms with Crippen LogP contribution in [0.25, 0.3) is 0 Å². The van der Waals surface area contributed by atoms with E-state index in [1.807, 2.05) is 7.05 Å². The van der Waals surface area contributed by atoms with E-state index in [1.54, 1.807) is 6.07 Å². The van der Waals surface area contributed by atoms with Crippen LogP contribution in [0.2, 0.25) is 0 Å². The van der Waals surface area contributed by atoms with E-state index >= 15 is 0 Å². The predicted octanol–water partition coefficient (Wildman–Crippen LogP) is 3.02. The van der Waals surface area contributed by atoms with Crippen LogP contribution in [0.5, 0.6) is 0 Å². The van der Waals surface area contributed by atoms with Gasteiger partial charge in [0.15, 0.2) is 11.6 Å². The zero-order valence-electron chi connectivity index (χ0n) is 11.1. The fourth-order valence-corrected chi connectivity index (χ4v) is 1.84. The van der Waals surface area contributed by atoms with Crippen molar-refractivity contribution in [1.29, 1.82) is 0 Å². The largest absolute Gasteiger partial charge is 0.381 e. The first kappa shape index (κ1) is 12.5. The molecule has 0 aliphatic carbocycles. The quantitative estimate of drug-likeness (QED) is 0.899. The Hall–Kier alpha value is -1.97. The molecule has 1 heterocycles. The predicted molar refractivity (Wildman–Crippen MR) is 73.6 cm³/mol. The van der Waals surface area contributed by atoms with E-state index in [0.717, 1.165) is 11.4 Å². The number of rotatable bonds is 4. The second kappa shape index (κ2) is 5.12. The number of aromatic nitrogens is 1. The van der Waals surface area contributed by atoms with Gasteiger partial charge in [-0.3, -0.25) is 0 Å². The minimum Gasteiger partial charge on any atom is -0.381 e. The molecule has 0 radical (unpaired) electrons. The van der Waals surface area contributed by atoms with Crippen molar-refractivity contribution in [2.45, 2.75) is 26.3 Å². The molecule has 4 heteroatoms. The zero-order chi connectivity index (χ0) is 13.1. The third-order valence-corrected chi connectivity index (χ3v) is 2.97. The number of nitrogens with zero attached hydrogens (tertiary/aromatic N) is 2. The van der Waals surface area contributed by atoms with Crippen molar-refractivity contribution in [1.82, 2.24) is 5.16 Å². The Labute approximate surface area is 107 Å². The molecular weight excluding hydrogens is 226 g/mol. The fourth-order valence-electron chi connectivity index (χ4n) is 1.84. The second-order valence-corrected chi connectivity index (χ2v) is 4.82. The lowest BCUT2D eigenvalue weighted by atomic mass is 10.0. The lowest BCUT2D eigenvalue weighted by Gasteiger charge is -2.18. The second-order valence-electron chi connectivity index (χ2n) is 4.82. The van der Waals surface area contributed by atoms with Crippen molar-refractivity contribution in [3.05, 3.63) is 41.7 Å². The lowest BCUT2D eigenvalue weighted by molar-refractivity contribution is 0.385. The highest BCUT2D eigenvalue weighted by molar-refractivity contribution is 5.47. The van der Waals surface area contributed by atoms with Crippen LogP contribution in [0, 0.1) is 0 Å². The highest BCUT2D eigenvalue weighted by Gasteiger charge is 2.07. The van der Waals surface area contributed by atoms with Crippen molar-refractivity contribution < 1.29 is 4.52 Å². The number of hydrogen-bond donors (Lipinski definition) is 1. The summed E-state index contributed by atoms with van der Waals surface area (Å²) >= 11 is 0. The van der Waals surface area contributed by atoms with Gasteiger partial charge in [-0.05, 0) is 23.6 Å². The van der Waals surface area contributed by atoms with Crippen LogP contribution >= 0.6 is 0 Å². The third-order valence-electron chi connectivity index (χ3n) is 2.97. The number of anilines is 2. The molecule has 1 aromatic heterocycles. The van der Waals surface area contributed by atoms with Gasteiger partial charge in [-0.15, -0.1) is 0 Å². The molecule has 2 aromatic rings. The van der Waals surface area contributed by atoms with Gasteiger partial charge in [-0.2, -0.15) is 0 Å². The zero-order valence-corrected chi connectivity index (χ0v) is 11.1. The summed E-state index contributed by atoms with van der Waals surface area (Å²) in [5.41, 5.74) is 8.01. The number of benzene rings is 1. The van der Waals surface area contributed by atoms with Crippen molar-refractivity contribution in [3.63, 3.8) is 0 Å². The van der Waals surface area contributed by atoms with Gasteiger partial charge in [0.2, 0.25) is 0 Å². The van der Waals surface area contributed by atoms with E-state index in [-0.39, 0.29) is 0 Å². The van der Waals surface area contributed by atoms with Crippen LogP contribution in [0.1, 0.15) is 31.1 Å². The van der Waals surface area contributed by atoms with Crippen molar-refractivity contribution in [2.75, 3.05) is 17.7 Å². The maximum Gasteiger partial charge on any atom is 0.167 e. The van der Waals surface area contributed by atoms with Crippen LogP contribution in [-0.2, 0) is 6.54 Å². The molecular formula is C14H19N3O. The summed E-state index contributed by atoms with van der Waals surface area (Å²) in [6.07, 6.45) is 0. The summed E-state index contributed by atoms with van der Waals surface area (Å²) in [6.45, 7) is 5.04. The smallest absolute Gasteiger partial charge is 0.167 e. The molecule has 1 aromatic carbocycles. The Kier molecular flexibility index (Phi) is 3.55. The molecule has 4 nitrogen and oxygen atoms in total. The maximum absolute atomic E-state index is 5.52. The van der Waals surface area contributed by atoms with Gasteiger partial charge in [-0.25, -0.2) is 0 Å². The standard InChI is InChI=1S/C14H19N3O/c1-10(2)11-4-6-12(7-5-11)17(3)9-13-8-14(15)16-18-13/h4-8,10H,9H2,1-3H3,(H2,15,16). The third kappa shape index (κ3) is 2.83. The topological polar surface area (TPSA) is 55.3 Å². The van der Waals surface area contributed by atoms with Gasteiger partial charge in [0.1, 0.15) is 0 Å². The summed E-state index contributed by atoms with van der Waals surface area (Å²) in [7, 11) is 2.02. The Morgan fingerprint density at radius 2 is 1.94 bits per heavy atom. The number of nitrogens with two attached hydrogens (primary N) is 1. The van der Waals surface area contributed by atoms with Crippen molar-refractivity contribution in [2.24, 2.45) is 0 Å². The van der Waals surface area contributed by atoms with Gasteiger partial charge in [0, 0.05) is 18.8 Å². The van der Waals surface area contributed by atoms with Gasteiger partial charge in [-0.1, -0.05) is 31.1 Å². The van der Waals surface area contributed by atoms with Gasteiger partial charge < -0.3 is 15.2 Å². The molecule has 0 spiro atoms. The molecule has 0 saturated carbocycles. The van der Waals surface area contributed by atoms with Gasteiger partial charge in [0.25, 0.3) is 0 Å². The van der Waals surface area contributed by atoms with E-state index in [2.05, 4.69) is 48.2 Å². The van der Waals surface area contributed by atoms with E-state index in [4.69, 9.17) is 10.3 Å². The summed E-state index contributed by atoms with van der Waals surface area (Å²) in [5, 5.41) is 3.68. The van der Waals surface area contributed by atoms with E-state index < -0.39 is 0 Å². The van der Waals surface area contributed by atoms with Crippen molar-refractivity contribution >= 4 is 11.5 Å². The minimum absolute atomic E-state index is 0.425. The van der Waals surface area contributed by atoms with Crippen LogP contribution in [0.3, 0.4) is 0 Å². The monoisotopic (exact) mass is 245 g/mol. The summed E-state index contributed by atoms with van der Waals surface area (Å²) < 4.78 is 5.10. The first-order chi connectivity index (χ1) is 8.56. The minimum atomic E-state index is 0.425. The Bertz CT molecular complexity index is 502. The molecule has 18 heavy (non-hydrogen) atoms. The lowest BCUT2D eigenvalue weighted by Crippen LogP contribution is -2.15. The molecule has 2 N–H and O–H groups in total. The van der Waals surface area contributed by atoms with Gasteiger partial charge in [0.05, 0.1) is 6.54 Å². The molecule has 0 bridgehead atoms. The molecule has 0 aliphatic heterocycles. The highest BCUT2D eigenvalue weighted by Crippen LogP contribution is 2.20. The molecule has 0 amide bonds. The molecule has 2 rings (SSSR count). The summed E-state index contributed by atoms with van der Waals surface area (Å²) in [4.78, 5) is 2.10. The SMILES string of the molecule is CC(C)c1ccc(N(C)Cc2cc(N)no2)cc1. The van der Waals surface area contributed by atoms with Crippen LogP contribution in [0.4, 0.5) is 11.5 Å². The molecule has 96 valence electrons. The Morgan fingerprint density at radius 1 is 1.28 bits per heavy atom. The average Bonchev–Trinajstić information content (AvgIpc) is 2.75. The molecule has 0 aliphatic rings. The molecule has 0 unspecified atom stereocenters. The first-order valence-corrected chi connectivity index (χ1v) is 6.08. The first-order valence-electron chi connectivity index (χ1n) is 6.08. The van der Waals surface area contributed by atoms with E-state index in [0.29, 0.717) is 18.3 Å². The summed E-state index contributed by atoms with van der Waals surface area (Å²) in [6, 6.07) is 10.3. The van der Waals surface area contributed by atoms with Crippen LogP contribution in [-0.4, -0.2) is 12.2 Å². The normalized spacial score (nSPS) is 10.9. The van der Waals surface area contributed by atoms with Crippen LogP contribution in [0.15, 0.2) is 34.9 Å². The van der Waals surface area contributed by atoms with Crippen molar-refractivity contribution in [3.8, 4) is 0 Å². The summed E-state index contributed by atoms with van der Waals surface area (Å²) in [5.74, 6) is 1.75. The Balaban J connectivity index is 2.06. The highest BCUT2D eigenvalue weighted by atomic mass is 16.5. The Morgan fingerprint density at radius 3 is 2.44 bits per heavy atom. The molecule has 0 atom stereocenters. The van der Waals surface area contributed by atoms with Gasteiger partial charge >= 0.3 is 0 Å². The fraction of sp³-hybridized carbons (Fsp3) is 0.357. The maximum atomic E-state index is 5.52.